The van der Waals surface area contributed by atoms with Crippen molar-refractivity contribution in [1.29, 1.82) is 0 Å². The average molecular weight is 536 g/mol. The van der Waals surface area contributed by atoms with Crippen molar-refractivity contribution in [3.63, 3.8) is 0 Å². The van der Waals surface area contributed by atoms with Gasteiger partial charge < -0.3 is 10.4 Å². The second-order valence-electron chi connectivity index (χ2n) is 8.20. The molecule has 0 saturated carbocycles. The fourth-order valence-corrected chi connectivity index (χ4v) is 7.11. The highest BCUT2D eigenvalue weighted by atomic mass is 32.2. The molecule has 1 aromatic heterocycles. The molecule has 0 radical (unpaired) electrons. The number of phenolic OH excluding ortho intramolecular Hbond substituents is 1. The molecule has 2 aliphatic heterocycles. The maximum absolute atomic E-state index is 13.0. The summed E-state index contributed by atoms with van der Waals surface area (Å²) in [5.41, 5.74) is -0.664. The Kier molecular flexibility index (Phi) is 5.91. The molecule has 0 aliphatic carbocycles. The van der Waals surface area contributed by atoms with Crippen LogP contribution in [0.4, 0.5) is 18.9 Å². The van der Waals surface area contributed by atoms with E-state index in [1.54, 1.807) is 18.2 Å². The van der Waals surface area contributed by atoms with E-state index >= 15 is 0 Å². The number of fused-ring (bicyclic) bond motifs is 2. The van der Waals surface area contributed by atoms with Crippen LogP contribution in [0.5, 0.6) is 5.75 Å². The molecule has 3 heterocycles. The van der Waals surface area contributed by atoms with Crippen LogP contribution in [0.1, 0.15) is 21.9 Å². The Hall–Kier alpha value is -3.58. The van der Waals surface area contributed by atoms with Crippen LogP contribution < -0.4 is 15.5 Å². The number of hydrogen-bond donors (Lipinski definition) is 3. The van der Waals surface area contributed by atoms with Gasteiger partial charge in [0.25, 0.3) is 0 Å². The number of carbonyl (C=O) groups is 3. The number of aromatic nitrogens is 1. The minimum Gasteiger partial charge on any atom is -0.508 e. The minimum absolute atomic E-state index is 0.0902. The molecule has 1 fully saturated rings. The Morgan fingerprint density at radius 2 is 1.83 bits per heavy atom. The number of hydrogen-bond acceptors (Lipinski definition) is 7. The van der Waals surface area contributed by atoms with Crippen LogP contribution in [0.15, 0.2) is 58.4 Å². The maximum Gasteiger partial charge on any atom is 0.416 e. The lowest BCUT2D eigenvalue weighted by atomic mass is 9.82. The fourth-order valence-electron chi connectivity index (χ4n) is 4.38. The Balaban J connectivity index is 1.50. The Labute approximate surface area is 209 Å². The van der Waals surface area contributed by atoms with Crippen LogP contribution in [0, 0.1) is 5.92 Å². The van der Waals surface area contributed by atoms with Crippen LogP contribution in [0.3, 0.4) is 0 Å². The standard InChI is InChI=1S/C23H16F3N3O5S2/c24-23(25,26)10-4-3-5-11(8-10)27-14(31)9-29-21-18(36-22(29)34)15(12-6-1-2-7-13(12)30)16-17(35-21)20(33)28-19(16)32/h1-8,15-17,30H,9H2,(H,27,31)(H,28,32,33)/t15-,16+,17-/m0/s1. The van der Waals surface area contributed by atoms with Gasteiger partial charge in [-0.3, -0.25) is 29.1 Å². The van der Waals surface area contributed by atoms with E-state index < -0.39 is 58.0 Å². The van der Waals surface area contributed by atoms with Crippen molar-refractivity contribution >= 4 is 46.5 Å². The maximum atomic E-state index is 13.0. The summed E-state index contributed by atoms with van der Waals surface area (Å²) in [5, 5.41) is 14.5. The number of nitrogens with zero attached hydrogens (tertiary/aromatic N) is 1. The number of alkyl halides is 3. The molecule has 186 valence electrons. The molecule has 36 heavy (non-hydrogen) atoms. The van der Waals surface area contributed by atoms with Gasteiger partial charge in [0, 0.05) is 22.0 Å². The van der Waals surface area contributed by atoms with Crippen LogP contribution >= 0.6 is 23.1 Å². The normalized spacial score (nSPS) is 21.0. The molecule has 1 saturated heterocycles. The zero-order valence-electron chi connectivity index (χ0n) is 18.0. The summed E-state index contributed by atoms with van der Waals surface area (Å²) in [5.74, 6) is -3.59. The van der Waals surface area contributed by atoms with Gasteiger partial charge in [-0.15, -0.1) is 0 Å². The summed E-state index contributed by atoms with van der Waals surface area (Å²) < 4.78 is 40.1. The van der Waals surface area contributed by atoms with Gasteiger partial charge in [-0.1, -0.05) is 47.4 Å². The van der Waals surface area contributed by atoms with Crippen molar-refractivity contribution in [2.24, 2.45) is 5.92 Å². The number of aromatic hydroxyl groups is 1. The highest BCUT2D eigenvalue weighted by molar-refractivity contribution is 8.00. The lowest BCUT2D eigenvalue weighted by molar-refractivity contribution is -0.137. The first-order chi connectivity index (χ1) is 17.0. The molecular weight excluding hydrogens is 519 g/mol. The molecule has 3 atom stereocenters. The van der Waals surface area contributed by atoms with Crippen molar-refractivity contribution in [3.8, 4) is 5.75 Å². The Morgan fingerprint density at radius 3 is 2.56 bits per heavy atom. The monoisotopic (exact) mass is 535 g/mol. The molecule has 0 spiro atoms. The zero-order valence-corrected chi connectivity index (χ0v) is 19.7. The van der Waals surface area contributed by atoms with Gasteiger partial charge in [-0.25, -0.2) is 0 Å². The summed E-state index contributed by atoms with van der Waals surface area (Å²) in [4.78, 5) is 50.7. The van der Waals surface area contributed by atoms with Gasteiger partial charge in [-0.05, 0) is 24.3 Å². The number of imide groups is 1. The predicted octanol–water partition coefficient (Wildman–Crippen LogP) is 3.15. The first kappa shape index (κ1) is 24.1. The molecule has 5 rings (SSSR count). The SMILES string of the molecule is O=C(Cn1c2c(sc1=O)[C@@H](c1ccccc1O)[C@H]1C(=O)NC(=O)[C@H]1S2)Nc1cccc(C(F)(F)F)c1. The topological polar surface area (TPSA) is 118 Å². The number of phenols is 1. The summed E-state index contributed by atoms with van der Waals surface area (Å²) in [6, 6.07) is 10.4. The molecule has 3 aromatic rings. The van der Waals surface area contributed by atoms with E-state index in [9.17, 15) is 37.5 Å². The van der Waals surface area contributed by atoms with Crippen molar-refractivity contribution in [2.45, 2.75) is 28.9 Å². The summed E-state index contributed by atoms with van der Waals surface area (Å²) in [6.07, 6.45) is -4.59. The highest BCUT2D eigenvalue weighted by Gasteiger charge is 2.53. The molecule has 13 heteroatoms. The van der Waals surface area contributed by atoms with E-state index in [0.29, 0.717) is 15.5 Å². The molecule has 2 aromatic carbocycles. The molecule has 2 aliphatic rings. The third-order valence-corrected chi connectivity index (χ3v) is 8.55. The molecule has 3 N–H and O–H groups in total. The van der Waals surface area contributed by atoms with Crippen molar-refractivity contribution < 1.29 is 32.7 Å². The van der Waals surface area contributed by atoms with Crippen LogP contribution in [-0.4, -0.2) is 32.6 Å². The number of amides is 3. The van der Waals surface area contributed by atoms with Gasteiger partial charge in [0.05, 0.1) is 16.5 Å². The molecule has 0 bridgehead atoms. The Bertz CT molecular complexity index is 1470. The average Bonchev–Trinajstić information content (AvgIpc) is 3.27. The largest absolute Gasteiger partial charge is 0.508 e. The number of anilines is 1. The van der Waals surface area contributed by atoms with E-state index in [4.69, 9.17) is 0 Å². The van der Waals surface area contributed by atoms with Crippen LogP contribution in [0.25, 0.3) is 0 Å². The third kappa shape index (κ3) is 4.17. The molecule has 3 amide bonds. The number of thioether (sulfide) groups is 1. The quantitative estimate of drug-likeness (QED) is 0.442. The third-order valence-electron chi connectivity index (χ3n) is 5.93. The first-order valence-corrected chi connectivity index (χ1v) is 12.2. The first-order valence-electron chi connectivity index (χ1n) is 10.5. The van der Waals surface area contributed by atoms with Gasteiger partial charge in [0.2, 0.25) is 17.7 Å². The summed E-state index contributed by atoms with van der Waals surface area (Å²) >= 11 is 1.77. The van der Waals surface area contributed by atoms with E-state index in [1.807, 2.05) is 0 Å². The van der Waals surface area contributed by atoms with Gasteiger partial charge >= 0.3 is 11.0 Å². The number of benzene rings is 2. The smallest absolute Gasteiger partial charge is 0.416 e. The van der Waals surface area contributed by atoms with Crippen LogP contribution in [0.2, 0.25) is 0 Å². The summed E-state index contributed by atoms with van der Waals surface area (Å²) in [7, 11) is 0. The van der Waals surface area contributed by atoms with Crippen molar-refractivity contribution in [1.82, 2.24) is 9.88 Å². The number of para-hydroxylation sites is 1. The van der Waals surface area contributed by atoms with Crippen LogP contribution in [-0.2, 0) is 27.1 Å². The lowest BCUT2D eigenvalue weighted by Gasteiger charge is -2.31. The van der Waals surface area contributed by atoms with Gasteiger partial charge in [0.1, 0.15) is 17.5 Å². The number of carbonyl (C=O) groups excluding carboxylic acids is 3. The highest BCUT2D eigenvalue weighted by Crippen LogP contribution is 2.53. The van der Waals surface area contributed by atoms with Crippen molar-refractivity contribution in [2.75, 3.05) is 5.32 Å². The number of nitrogens with one attached hydrogen (secondary N) is 2. The molecule has 8 nitrogen and oxygen atoms in total. The van der Waals surface area contributed by atoms with Crippen molar-refractivity contribution in [3.05, 3.63) is 74.2 Å². The van der Waals surface area contributed by atoms with E-state index in [-0.39, 0.29) is 11.4 Å². The van der Waals surface area contributed by atoms with E-state index in [1.165, 1.54) is 12.1 Å². The summed E-state index contributed by atoms with van der Waals surface area (Å²) in [6.45, 7) is -0.519. The molecular formula is C23H16F3N3O5S2. The van der Waals surface area contributed by atoms with Gasteiger partial charge in [0.15, 0.2) is 0 Å². The second kappa shape index (κ2) is 8.82. The minimum atomic E-state index is -4.59. The second-order valence-corrected chi connectivity index (χ2v) is 10.3. The fraction of sp³-hybridized carbons (Fsp3) is 0.217. The van der Waals surface area contributed by atoms with E-state index in [2.05, 4.69) is 10.6 Å². The number of halogens is 3. The van der Waals surface area contributed by atoms with E-state index in [0.717, 1.165) is 45.9 Å². The number of rotatable bonds is 4. The van der Waals surface area contributed by atoms with Gasteiger partial charge in [-0.2, -0.15) is 13.2 Å². The zero-order chi connectivity index (χ0) is 25.8. The lowest BCUT2D eigenvalue weighted by Crippen LogP contribution is -2.32. The Morgan fingerprint density at radius 1 is 1.08 bits per heavy atom. The molecule has 0 unspecified atom stereocenters. The number of thiazole rings is 1. The predicted molar refractivity (Wildman–Crippen MR) is 125 cm³/mol.